The monoisotopic (exact) mass is 763 g/mol. The average molecular weight is 764 g/mol. The number of para-hydroxylation sites is 2. The van der Waals surface area contributed by atoms with Crippen molar-refractivity contribution < 1.29 is 0 Å². The molecule has 10 aromatic rings. The Kier molecular flexibility index (Phi) is 7.76. The van der Waals surface area contributed by atoms with E-state index >= 15 is 0 Å². The Labute approximate surface area is 349 Å². The van der Waals surface area contributed by atoms with Gasteiger partial charge >= 0.3 is 0 Å². The van der Waals surface area contributed by atoms with E-state index in [1.54, 1.807) is 0 Å². The van der Waals surface area contributed by atoms with Crippen LogP contribution in [0.1, 0.15) is 22.3 Å². The Bertz CT molecular complexity index is 3200. The molecule has 0 radical (unpaired) electrons. The predicted molar refractivity (Wildman–Crippen MR) is 247 cm³/mol. The van der Waals surface area contributed by atoms with Gasteiger partial charge in [0.2, 0.25) is 0 Å². The van der Waals surface area contributed by atoms with Gasteiger partial charge in [0.1, 0.15) is 5.82 Å². The summed E-state index contributed by atoms with van der Waals surface area (Å²) in [6.07, 6.45) is 0. The molecule has 1 heterocycles. The molecule has 0 N–H and O–H groups in total. The lowest BCUT2D eigenvalue weighted by Crippen LogP contribution is -2.28. The molecule has 0 fully saturated rings. The van der Waals surface area contributed by atoms with Crippen molar-refractivity contribution in [1.29, 1.82) is 0 Å². The van der Waals surface area contributed by atoms with E-state index in [4.69, 9.17) is 9.97 Å². The third kappa shape index (κ3) is 5.03. The van der Waals surface area contributed by atoms with Gasteiger partial charge in [0, 0.05) is 22.1 Å². The second-order valence-corrected chi connectivity index (χ2v) is 15.6. The van der Waals surface area contributed by atoms with Crippen molar-refractivity contribution in [2.75, 3.05) is 4.90 Å². The van der Waals surface area contributed by atoms with Gasteiger partial charge in [-0.15, -0.1) is 0 Å². The van der Waals surface area contributed by atoms with Gasteiger partial charge in [0.25, 0.3) is 0 Å². The lowest BCUT2D eigenvalue weighted by atomic mass is 9.70. The fourth-order valence-corrected chi connectivity index (χ4v) is 10.0. The number of benzene rings is 9. The summed E-state index contributed by atoms with van der Waals surface area (Å²) >= 11 is 0. The van der Waals surface area contributed by atoms with Crippen molar-refractivity contribution in [2.24, 2.45) is 0 Å². The van der Waals surface area contributed by atoms with Crippen molar-refractivity contribution in [2.45, 2.75) is 5.41 Å². The van der Waals surface area contributed by atoms with Crippen LogP contribution in [0, 0.1) is 0 Å². The van der Waals surface area contributed by atoms with Crippen LogP contribution >= 0.6 is 0 Å². The minimum atomic E-state index is -0.575. The largest absolute Gasteiger partial charge is 0.293 e. The number of hydrogen-bond acceptors (Lipinski definition) is 3. The summed E-state index contributed by atoms with van der Waals surface area (Å²) in [6.45, 7) is 0. The van der Waals surface area contributed by atoms with Gasteiger partial charge in [-0.3, -0.25) is 4.90 Å². The smallest absolute Gasteiger partial charge is 0.162 e. The Morgan fingerprint density at radius 2 is 0.783 bits per heavy atom. The molecule has 0 saturated heterocycles. The van der Waals surface area contributed by atoms with Crippen molar-refractivity contribution in [3.63, 3.8) is 0 Å². The molecule has 2 aliphatic rings. The number of aromatic nitrogens is 2. The van der Waals surface area contributed by atoms with E-state index in [9.17, 15) is 0 Å². The zero-order valence-electron chi connectivity index (χ0n) is 32.7. The van der Waals surface area contributed by atoms with Gasteiger partial charge in [-0.2, -0.15) is 0 Å². The van der Waals surface area contributed by atoms with Crippen LogP contribution in [-0.2, 0) is 5.41 Å². The second-order valence-electron chi connectivity index (χ2n) is 15.6. The average Bonchev–Trinajstić information content (AvgIpc) is 3.80. The summed E-state index contributed by atoms with van der Waals surface area (Å²) in [5.41, 5.74) is 18.1. The topological polar surface area (TPSA) is 29.0 Å². The zero-order valence-corrected chi connectivity index (χ0v) is 32.7. The van der Waals surface area contributed by atoms with E-state index in [0.29, 0.717) is 5.82 Å². The van der Waals surface area contributed by atoms with Gasteiger partial charge in [0.15, 0.2) is 5.82 Å². The quantitative estimate of drug-likeness (QED) is 0.169. The van der Waals surface area contributed by atoms with E-state index in [-0.39, 0.29) is 0 Å². The molecule has 3 heteroatoms. The highest BCUT2D eigenvalue weighted by molar-refractivity contribution is 6.04. The number of nitrogens with zero attached hydrogens (tertiary/aromatic N) is 3. The SMILES string of the molecule is c1ccc(-c2ccc(-c3nc(N(c4ccccc4-c4ccccc4)c4cccc5c4C4(c6ccccc6-c6ccccc64)c4ccccc4-5)c4ccccc4n3)cc2)cc1. The van der Waals surface area contributed by atoms with Crippen molar-refractivity contribution >= 4 is 28.1 Å². The lowest BCUT2D eigenvalue weighted by Gasteiger charge is -2.36. The van der Waals surface area contributed by atoms with Gasteiger partial charge in [-0.25, -0.2) is 9.97 Å². The van der Waals surface area contributed by atoms with E-state index in [1.165, 1.54) is 50.1 Å². The number of rotatable bonds is 6. The summed E-state index contributed by atoms with van der Waals surface area (Å²) in [5.74, 6) is 1.50. The molecule has 1 aromatic heterocycles. The lowest BCUT2D eigenvalue weighted by molar-refractivity contribution is 0.792. The normalized spacial score (nSPS) is 12.8. The van der Waals surface area contributed by atoms with Gasteiger partial charge in [0.05, 0.1) is 22.3 Å². The molecule has 3 nitrogen and oxygen atoms in total. The maximum atomic E-state index is 5.65. The Hall–Kier alpha value is -7.88. The predicted octanol–water partition coefficient (Wildman–Crippen LogP) is 14.4. The molecular formula is C57H37N3. The van der Waals surface area contributed by atoms with E-state index < -0.39 is 5.41 Å². The molecule has 0 amide bonds. The highest BCUT2D eigenvalue weighted by Crippen LogP contribution is 2.65. The number of fused-ring (bicyclic) bond motifs is 11. The molecule has 60 heavy (non-hydrogen) atoms. The van der Waals surface area contributed by atoms with Gasteiger partial charge in [-0.1, -0.05) is 200 Å². The first-order chi connectivity index (χ1) is 29.8. The van der Waals surface area contributed by atoms with Crippen LogP contribution in [-0.4, -0.2) is 9.97 Å². The van der Waals surface area contributed by atoms with Crippen LogP contribution in [0.25, 0.3) is 66.8 Å². The fraction of sp³-hybridized carbons (Fsp3) is 0.0175. The van der Waals surface area contributed by atoms with Crippen molar-refractivity contribution in [3.8, 4) is 55.9 Å². The summed E-state index contributed by atoms with van der Waals surface area (Å²) in [6, 6.07) is 81.0. The van der Waals surface area contributed by atoms with Gasteiger partial charge in [-0.05, 0) is 79.9 Å². The van der Waals surface area contributed by atoms with Crippen LogP contribution in [0.5, 0.6) is 0 Å². The first kappa shape index (κ1) is 34.2. The summed E-state index contributed by atoms with van der Waals surface area (Å²) in [7, 11) is 0. The standard InChI is InChI=1S/C57H37N3/c1-3-18-38(19-4-1)39-34-36-41(37-35-39)55-58-51-31-15-10-26-47(51)56(59-55)60(52-32-16-11-22-42(52)40-20-5-2-6-21-40)53-33-17-27-46-45-25-9-14-30-50(45)57(54(46)53)48-28-12-7-23-43(48)44-24-8-13-29-49(44)57/h1-37H. The Morgan fingerprint density at radius 3 is 1.45 bits per heavy atom. The molecule has 0 bridgehead atoms. The van der Waals surface area contributed by atoms with Crippen molar-refractivity contribution in [3.05, 3.63) is 247 Å². The minimum Gasteiger partial charge on any atom is -0.293 e. The first-order valence-corrected chi connectivity index (χ1v) is 20.6. The minimum absolute atomic E-state index is 0.575. The van der Waals surface area contributed by atoms with E-state index in [1.807, 2.05) is 0 Å². The highest BCUT2D eigenvalue weighted by atomic mass is 15.2. The maximum Gasteiger partial charge on any atom is 0.162 e. The Balaban J connectivity index is 1.19. The van der Waals surface area contributed by atoms with Crippen LogP contribution in [0.4, 0.5) is 17.2 Å². The fourth-order valence-electron chi connectivity index (χ4n) is 10.0. The summed E-state index contributed by atoms with van der Waals surface area (Å²) in [5, 5.41) is 0.972. The molecule has 0 atom stereocenters. The highest BCUT2D eigenvalue weighted by Gasteiger charge is 2.53. The van der Waals surface area contributed by atoms with Crippen molar-refractivity contribution in [1.82, 2.24) is 9.97 Å². The number of hydrogen-bond donors (Lipinski definition) is 0. The molecular weight excluding hydrogens is 727 g/mol. The van der Waals surface area contributed by atoms with E-state index in [0.717, 1.165) is 50.3 Å². The number of anilines is 3. The molecule has 12 rings (SSSR count). The summed E-state index contributed by atoms with van der Waals surface area (Å²) in [4.78, 5) is 13.3. The van der Waals surface area contributed by atoms with Gasteiger partial charge < -0.3 is 0 Å². The van der Waals surface area contributed by atoms with Crippen LogP contribution in [0.15, 0.2) is 224 Å². The maximum absolute atomic E-state index is 5.65. The van der Waals surface area contributed by atoms with E-state index in [2.05, 4.69) is 229 Å². The molecule has 280 valence electrons. The third-order valence-electron chi connectivity index (χ3n) is 12.5. The molecule has 0 saturated carbocycles. The van der Waals surface area contributed by atoms with Crippen LogP contribution < -0.4 is 4.90 Å². The molecule has 1 spiro atoms. The molecule has 2 aliphatic carbocycles. The van der Waals surface area contributed by atoms with Crippen LogP contribution in [0.3, 0.4) is 0 Å². The Morgan fingerprint density at radius 1 is 0.317 bits per heavy atom. The third-order valence-corrected chi connectivity index (χ3v) is 12.5. The molecule has 9 aromatic carbocycles. The molecule has 0 aliphatic heterocycles. The summed E-state index contributed by atoms with van der Waals surface area (Å²) < 4.78 is 0. The second kappa shape index (κ2) is 13.6. The van der Waals surface area contributed by atoms with Crippen LogP contribution in [0.2, 0.25) is 0 Å². The zero-order chi connectivity index (χ0) is 39.6. The first-order valence-electron chi connectivity index (χ1n) is 20.6. The molecule has 0 unspecified atom stereocenters.